The molecule has 0 spiro atoms. The fourth-order valence-electron chi connectivity index (χ4n) is 10.1. The second-order valence-electron chi connectivity index (χ2n) is 23.5. The number of Topliss-reactive ketones (excluding diaryl/α,β-unsaturated/α-hetero) is 5. The molecule has 0 aliphatic rings. The van der Waals surface area contributed by atoms with Crippen molar-refractivity contribution in [3.05, 3.63) is 357 Å². The predicted octanol–water partition coefficient (Wildman–Crippen LogP) is 20.6. The monoisotopic (exact) mass is 1180 g/mol. The largest absolute Gasteiger partial charge is 0.294 e. The van der Waals surface area contributed by atoms with Crippen molar-refractivity contribution in [3.8, 4) is 0 Å². The van der Waals surface area contributed by atoms with Crippen LogP contribution in [0.5, 0.6) is 0 Å². The highest BCUT2D eigenvalue weighted by atomic mass is 16.1. The third kappa shape index (κ3) is 27.4. The molecular formula is C84H88O5. The topological polar surface area (TPSA) is 85.3 Å². The lowest BCUT2D eigenvalue weighted by atomic mass is 9.80. The summed E-state index contributed by atoms with van der Waals surface area (Å²) in [7, 11) is 0. The molecule has 0 radical (unpaired) electrons. The van der Waals surface area contributed by atoms with E-state index in [1.54, 1.807) is 0 Å². The quantitative estimate of drug-likeness (QED) is 0.0563. The number of benzene rings is 10. The van der Waals surface area contributed by atoms with Gasteiger partial charge in [-0.05, 0) is 111 Å². The maximum Gasteiger partial charge on any atom is 0.163 e. The van der Waals surface area contributed by atoms with Gasteiger partial charge in [0.25, 0.3) is 0 Å². The van der Waals surface area contributed by atoms with Crippen molar-refractivity contribution in [1.82, 2.24) is 0 Å². The summed E-state index contributed by atoms with van der Waals surface area (Å²) in [5.74, 6) is 1.16. The molecule has 5 nitrogen and oxygen atoms in total. The van der Waals surface area contributed by atoms with Gasteiger partial charge < -0.3 is 0 Å². The molecule has 10 aromatic rings. The molecule has 0 atom stereocenters. The first kappa shape index (κ1) is 68.7. The van der Waals surface area contributed by atoms with Gasteiger partial charge in [0, 0.05) is 59.9 Å². The van der Waals surface area contributed by atoms with E-state index in [2.05, 4.69) is 74.5 Å². The third-order valence-electron chi connectivity index (χ3n) is 15.1. The molecule has 0 bridgehead atoms. The fraction of sp³-hybridized carbons (Fsp3) is 0.226. The molecule has 0 aliphatic carbocycles. The minimum atomic E-state index is -0.0196. The molecule has 0 saturated carbocycles. The second-order valence-corrected chi connectivity index (χ2v) is 23.5. The molecule has 10 aromatic carbocycles. The first-order chi connectivity index (χ1) is 43.2. The molecule has 0 N–H and O–H groups in total. The fourth-order valence-corrected chi connectivity index (χ4v) is 10.1. The standard InChI is InChI=1S/C18H20O.2C17H18O.2C16H16O/c1-18(2,13-15-9-5-3-6-10-15)14-17(19)16-11-7-4-8-12-16;1-14-7-5-11-16(13-14)17(18)12-6-10-15-8-3-2-4-9-15;1-14-10-12-16(13-11-14)17(18)9-5-8-15-6-3-2-4-7-15;1-13-7-10-15(11-8-13)16(17)12-9-14-5-3-2-4-6-14;17-16(15-11-5-2-6-12-15)13-7-10-14-8-3-1-4-9-14/h3-12H,13-14H2,1-2H3;2-5,7-9,11,13H,6,10,12H2,1H3;2-4,6-7,10-13H,5,8-9H2,1H3;2-8,10-11H,9,12H2,1H3;1-6,8-9,11-12H,7,10,13H2. The highest BCUT2D eigenvalue weighted by Crippen LogP contribution is 2.28. The first-order valence-corrected chi connectivity index (χ1v) is 31.4. The van der Waals surface area contributed by atoms with Gasteiger partial charge in [-0.15, -0.1) is 0 Å². The van der Waals surface area contributed by atoms with Crippen LogP contribution in [0.2, 0.25) is 0 Å². The Bertz CT molecular complexity index is 3620. The van der Waals surface area contributed by atoms with Gasteiger partial charge in [-0.3, -0.25) is 24.0 Å². The SMILES string of the molecule is CC(C)(CC(=O)c1ccccc1)Cc1ccccc1.Cc1ccc(C(=O)CCCc2ccccc2)cc1.Cc1ccc(C(=O)CCc2ccccc2)cc1.Cc1cccc(C(=O)CCCc2ccccc2)c1.O=C(CCCc1ccccc1)c1ccccc1. The van der Waals surface area contributed by atoms with Crippen molar-refractivity contribution in [3.63, 3.8) is 0 Å². The molecule has 89 heavy (non-hydrogen) atoms. The predicted molar refractivity (Wildman–Crippen MR) is 370 cm³/mol. The summed E-state index contributed by atoms with van der Waals surface area (Å²) in [6.07, 6.45) is 10.4. The molecule has 0 fully saturated rings. The summed E-state index contributed by atoms with van der Waals surface area (Å²) in [5, 5.41) is 0. The number of carbonyl (C=O) groups excluding carboxylic acids is 5. The van der Waals surface area contributed by atoms with Crippen LogP contribution in [-0.2, 0) is 32.1 Å². The Labute approximate surface area is 531 Å². The van der Waals surface area contributed by atoms with Crippen molar-refractivity contribution in [2.45, 2.75) is 118 Å². The van der Waals surface area contributed by atoms with Gasteiger partial charge in [0.1, 0.15) is 0 Å². The van der Waals surface area contributed by atoms with Crippen LogP contribution in [-0.4, -0.2) is 28.9 Å². The summed E-state index contributed by atoms with van der Waals surface area (Å²) in [6.45, 7) is 10.4. The molecule has 0 heterocycles. The summed E-state index contributed by atoms with van der Waals surface area (Å²) in [6, 6.07) is 93.8. The zero-order valence-corrected chi connectivity index (χ0v) is 52.9. The van der Waals surface area contributed by atoms with Crippen LogP contribution < -0.4 is 0 Å². The van der Waals surface area contributed by atoms with Gasteiger partial charge >= 0.3 is 0 Å². The Morgan fingerprint density at radius 1 is 0.258 bits per heavy atom. The van der Waals surface area contributed by atoms with Crippen LogP contribution in [0.4, 0.5) is 0 Å². The lowest BCUT2D eigenvalue weighted by Crippen LogP contribution is -2.20. The van der Waals surface area contributed by atoms with Crippen LogP contribution >= 0.6 is 0 Å². The van der Waals surface area contributed by atoms with Crippen LogP contribution in [0, 0.1) is 26.2 Å². The van der Waals surface area contributed by atoms with Crippen molar-refractivity contribution in [2.75, 3.05) is 0 Å². The average molecular weight is 1180 g/mol. The molecule has 0 aliphatic heterocycles. The average Bonchev–Trinajstić information content (AvgIpc) is 3.65. The number of ketones is 5. The van der Waals surface area contributed by atoms with E-state index in [1.165, 1.54) is 38.9 Å². The Morgan fingerprint density at radius 2 is 0.539 bits per heavy atom. The Balaban J connectivity index is 0.000000177. The Kier molecular flexibility index (Phi) is 29.8. The van der Waals surface area contributed by atoms with Crippen molar-refractivity contribution >= 4 is 28.9 Å². The van der Waals surface area contributed by atoms with Gasteiger partial charge in [0.15, 0.2) is 28.9 Å². The van der Waals surface area contributed by atoms with Crippen LogP contribution in [0.15, 0.2) is 285 Å². The highest BCUT2D eigenvalue weighted by Gasteiger charge is 2.23. The van der Waals surface area contributed by atoms with Crippen molar-refractivity contribution in [2.24, 2.45) is 5.41 Å². The lowest BCUT2D eigenvalue weighted by Gasteiger charge is -2.24. The van der Waals surface area contributed by atoms with E-state index in [-0.39, 0.29) is 34.3 Å². The smallest absolute Gasteiger partial charge is 0.163 e. The Hall–Kier alpha value is -9.45. The van der Waals surface area contributed by atoms with E-state index >= 15 is 0 Å². The molecular weight excluding hydrogens is 1090 g/mol. The second kappa shape index (κ2) is 38.7. The van der Waals surface area contributed by atoms with E-state index in [9.17, 15) is 24.0 Å². The van der Waals surface area contributed by atoms with E-state index in [1.807, 2.05) is 245 Å². The van der Waals surface area contributed by atoms with Crippen LogP contribution in [0.1, 0.15) is 162 Å². The Morgan fingerprint density at radius 3 is 0.899 bits per heavy atom. The van der Waals surface area contributed by atoms with Gasteiger partial charge in [0.2, 0.25) is 0 Å². The molecule has 10 rings (SSSR count). The zero-order chi connectivity index (χ0) is 63.3. The zero-order valence-electron chi connectivity index (χ0n) is 52.9. The molecule has 0 aromatic heterocycles. The highest BCUT2D eigenvalue weighted by molar-refractivity contribution is 5.98. The normalized spacial score (nSPS) is 10.4. The number of hydrogen-bond acceptors (Lipinski definition) is 5. The van der Waals surface area contributed by atoms with Crippen LogP contribution in [0.3, 0.4) is 0 Å². The molecule has 0 unspecified atom stereocenters. The molecule has 454 valence electrons. The minimum Gasteiger partial charge on any atom is -0.294 e. The lowest BCUT2D eigenvalue weighted by molar-refractivity contribution is 0.0927. The molecule has 5 heteroatoms. The third-order valence-corrected chi connectivity index (χ3v) is 15.1. The van der Waals surface area contributed by atoms with Crippen molar-refractivity contribution in [1.29, 1.82) is 0 Å². The van der Waals surface area contributed by atoms with E-state index < -0.39 is 0 Å². The summed E-state index contributed by atoms with van der Waals surface area (Å²) in [4.78, 5) is 59.9. The van der Waals surface area contributed by atoms with Gasteiger partial charge in [-0.25, -0.2) is 0 Å². The van der Waals surface area contributed by atoms with E-state index in [4.69, 9.17) is 0 Å². The molecule has 0 amide bonds. The summed E-state index contributed by atoms with van der Waals surface area (Å²) >= 11 is 0. The number of carbonyl (C=O) groups is 5. The van der Waals surface area contributed by atoms with Gasteiger partial charge in [-0.2, -0.15) is 0 Å². The summed E-state index contributed by atoms with van der Waals surface area (Å²) in [5.41, 5.74) is 14.0. The van der Waals surface area contributed by atoms with Crippen LogP contribution in [0.25, 0.3) is 0 Å². The van der Waals surface area contributed by atoms with Gasteiger partial charge in [0.05, 0.1) is 0 Å². The van der Waals surface area contributed by atoms with Crippen molar-refractivity contribution < 1.29 is 24.0 Å². The first-order valence-electron chi connectivity index (χ1n) is 31.4. The summed E-state index contributed by atoms with van der Waals surface area (Å²) < 4.78 is 0. The molecule has 0 saturated heterocycles. The van der Waals surface area contributed by atoms with Gasteiger partial charge in [-0.1, -0.05) is 310 Å². The number of aryl methyl sites for hydroxylation is 7. The maximum atomic E-state index is 12.3. The van der Waals surface area contributed by atoms with E-state index in [0.717, 1.165) is 84.7 Å². The maximum absolute atomic E-state index is 12.3. The number of hydrogen-bond donors (Lipinski definition) is 0. The van der Waals surface area contributed by atoms with E-state index in [0.29, 0.717) is 32.1 Å². The number of rotatable bonds is 24. The minimum absolute atomic E-state index is 0.0196.